The Morgan fingerprint density at radius 1 is 0.914 bits per heavy atom. The molecule has 5 rings (SSSR count). The van der Waals surface area contributed by atoms with Gasteiger partial charge >= 0.3 is 0 Å². The van der Waals surface area contributed by atoms with Crippen LogP contribution in [0.5, 0.6) is 5.75 Å². The molecule has 0 atom stereocenters. The molecule has 35 heavy (non-hydrogen) atoms. The van der Waals surface area contributed by atoms with E-state index in [0.717, 1.165) is 40.8 Å². The molecule has 176 valence electrons. The van der Waals surface area contributed by atoms with E-state index in [1.165, 1.54) is 22.9 Å². The summed E-state index contributed by atoms with van der Waals surface area (Å²) < 4.78 is 13.2. The minimum atomic E-state index is 0.515. The second kappa shape index (κ2) is 10.6. The van der Waals surface area contributed by atoms with E-state index in [4.69, 9.17) is 9.26 Å². The molecule has 0 aliphatic rings. The Morgan fingerprint density at radius 3 is 2.49 bits per heavy atom. The minimum absolute atomic E-state index is 0.515. The van der Waals surface area contributed by atoms with Crippen molar-refractivity contribution in [2.45, 2.75) is 30.8 Å². The van der Waals surface area contributed by atoms with E-state index in [9.17, 15) is 0 Å². The first kappa shape index (κ1) is 22.9. The molecular weight excluding hydrogens is 458 g/mol. The first-order chi connectivity index (χ1) is 17.2. The second-order valence-electron chi connectivity index (χ2n) is 8.06. The number of hydrogen-bond donors (Lipinski definition) is 0. The first-order valence-corrected chi connectivity index (χ1v) is 12.3. The van der Waals surface area contributed by atoms with Gasteiger partial charge in [0.25, 0.3) is 5.89 Å². The van der Waals surface area contributed by atoms with E-state index in [1.807, 2.05) is 61.5 Å². The largest absolute Gasteiger partial charge is 0.496 e. The maximum absolute atomic E-state index is 5.59. The summed E-state index contributed by atoms with van der Waals surface area (Å²) in [6, 6.07) is 26.3. The van der Waals surface area contributed by atoms with Gasteiger partial charge in [0.05, 0.1) is 18.4 Å². The van der Waals surface area contributed by atoms with Crippen molar-refractivity contribution in [1.29, 1.82) is 0 Å². The van der Waals surface area contributed by atoms with Crippen molar-refractivity contribution in [3.8, 4) is 28.6 Å². The van der Waals surface area contributed by atoms with E-state index < -0.39 is 0 Å². The average molecular weight is 484 g/mol. The highest BCUT2D eigenvalue weighted by molar-refractivity contribution is 7.98. The van der Waals surface area contributed by atoms with Crippen LogP contribution >= 0.6 is 11.8 Å². The third-order valence-corrected chi connectivity index (χ3v) is 6.59. The van der Waals surface area contributed by atoms with Gasteiger partial charge in [0, 0.05) is 12.1 Å². The molecule has 0 amide bonds. The molecule has 0 saturated heterocycles. The highest BCUT2D eigenvalue weighted by atomic mass is 32.2. The van der Waals surface area contributed by atoms with E-state index >= 15 is 0 Å². The van der Waals surface area contributed by atoms with Crippen LogP contribution in [0.15, 0.2) is 88.5 Å². The van der Waals surface area contributed by atoms with Crippen LogP contribution in [-0.4, -0.2) is 32.0 Å². The highest BCUT2D eigenvalue weighted by Crippen LogP contribution is 2.32. The number of para-hydroxylation sites is 1. The number of thioether (sulfide) groups is 1. The molecule has 0 radical (unpaired) electrons. The molecule has 0 aliphatic heterocycles. The van der Waals surface area contributed by atoms with Crippen molar-refractivity contribution >= 4 is 11.8 Å². The summed E-state index contributed by atoms with van der Waals surface area (Å²) in [5, 5.41) is 14.0. The van der Waals surface area contributed by atoms with E-state index in [2.05, 4.69) is 49.2 Å². The van der Waals surface area contributed by atoms with Gasteiger partial charge in [-0.2, -0.15) is 4.98 Å². The van der Waals surface area contributed by atoms with Gasteiger partial charge in [0.15, 0.2) is 16.8 Å². The van der Waals surface area contributed by atoms with Gasteiger partial charge in [0.2, 0.25) is 0 Å². The lowest BCUT2D eigenvalue weighted by Crippen LogP contribution is -2.06. The topological polar surface area (TPSA) is 78.9 Å². The lowest BCUT2D eigenvalue weighted by Gasteiger charge is -2.12. The molecule has 0 saturated carbocycles. The van der Waals surface area contributed by atoms with Crippen molar-refractivity contribution in [3.63, 3.8) is 0 Å². The fourth-order valence-corrected chi connectivity index (χ4v) is 4.57. The molecule has 2 aromatic heterocycles. The first-order valence-electron chi connectivity index (χ1n) is 11.3. The summed E-state index contributed by atoms with van der Waals surface area (Å²) in [5.74, 6) is 3.18. The highest BCUT2D eigenvalue weighted by Gasteiger charge is 2.19. The zero-order chi connectivity index (χ0) is 24.0. The van der Waals surface area contributed by atoms with E-state index in [-0.39, 0.29) is 0 Å². The summed E-state index contributed by atoms with van der Waals surface area (Å²) in [6.45, 7) is 2.78. The number of rotatable bonds is 9. The average Bonchev–Trinajstić information content (AvgIpc) is 3.54. The predicted octanol–water partition coefficient (Wildman–Crippen LogP) is 5.85. The van der Waals surface area contributed by atoms with Crippen LogP contribution in [0.25, 0.3) is 22.8 Å². The van der Waals surface area contributed by atoms with Crippen LogP contribution in [0.4, 0.5) is 0 Å². The summed E-state index contributed by atoms with van der Waals surface area (Å²) in [6.07, 6.45) is 0.856. The Kier molecular flexibility index (Phi) is 6.90. The summed E-state index contributed by atoms with van der Waals surface area (Å²) in [4.78, 5) is 4.56. The monoisotopic (exact) mass is 483 g/mol. The van der Waals surface area contributed by atoms with Crippen molar-refractivity contribution < 1.29 is 9.26 Å². The van der Waals surface area contributed by atoms with E-state index in [1.54, 1.807) is 7.11 Å². The Morgan fingerprint density at radius 2 is 1.69 bits per heavy atom. The number of nitrogens with zero attached hydrogens (tertiary/aromatic N) is 5. The summed E-state index contributed by atoms with van der Waals surface area (Å²) >= 11 is 1.54. The molecular formula is C27H25N5O2S. The van der Waals surface area contributed by atoms with Gasteiger partial charge < -0.3 is 13.8 Å². The van der Waals surface area contributed by atoms with Gasteiger partial charge in [-0.25, -0.2) is 0 Å². The number of hydrogen-bond acceptors (Lipinski definition) is 7. The van der Waals surface area contributed by atoms with Gasteiger partial charge in [0.1, 0.15) is 5.75 Å². The van der Waals surface area contributed by atoms with Gasteiger partial charge in [-0.3, -0.25) is 0 Å². The summed E-state index contributed by atoms with van der Waals surface area (Å²) in [5.41, 5.74) is 4.25. The SMILES string of the molecule is COc1ccccc1-c1nnc(SCc2noc(-c3ccc(C)cc3)n2)n1CCc1ccccc1. The summed E-state index contributed by atoms with van der Waals surface area (Å²) in [7, 11) is 1.67. The van der Waals surface area contributed by atoms with Gasteiger partial charge in [-0.1, -0.05) is 77.1 Å². The van der Waals surface area contributed by atoms with Gasteiger partial charge in [-0.05, 0) is 43.2 Å². The van der Waals surface area contributed by atoms with Crippen LogP contribution in [0.2, 0.25) is 0 Å². The second-order valence-corrected chi connectivity index (χ2v) is 9.01. The lowest BCUT2D eigenvalue weighted by atomic mass is 10.1. The zero-order valence-corrected chi connectivity index (χ0v) is 20.4. The van der Waals surface area contributed by atoms with Crippen LogP contribution in [-0.2, 0) is 18.7 Å². The molecule has 0 N–H and O–H groups in total. The molecule has 3 aromatic carbocycles. The smallest absolute Gasteiger partial charge is 0.257 e. The number of ether oxygens (including phenoxy) is 1. The van der Waals surface area contributed by atoms with Crippen LogP contribution in [0, 0.1) is 6.92 Å². The molecule has 0 aliphatic carbocycles. The van der Waals surface area contributed by atoms with Crippen LogP contribution in [0.1, 0.15) is 17.0 Å². The quantitative estimate of drug-likeness (QED) is 0.243. The normalized spacial score (nSPS) is 11.0. The number of methoxy groups -OCH3 is 1. The standard InChI is InChI=1S/C27H25N5O2S/c1-19-12-14-21(15-13-19)26-28-24(31-34-26)18-35-27-30-29-25(22-10-6-7-11-23(22)33-2)32(27)17-16-20-8-4-3-5-9-20/h3-15H,16-18H2,1-2H3. The Balaban J connectivity index is 1.39. The third-order valence-electron chi connectivity index (χ3n) is 5.63. The van der Waals surface area contributed by atoms with Crippen LogP contribution in [0.3, 0.4) is 0 Å². The molecule has 0 bridgehead atoms. The van der Waals surface area contributed by atoms with Crippen molar-refractivity contribution in [2.24, 2.45) is 0 Å². The van der Waals surface area contributed by atoms with Gasteiger partial charge in [-0.15, -0.1) is 10.2 Å². The van der Waals surface area contributed by atoms with Crippen LogP contribution < -0.4 is 4.74 Å². The third kappa shape index (κ3) is 5.27. The lowest BCUT2D eigenvalue weighted by molar-refractivity contribution is 0.415. The molecule has 5 aromatic rings. The number of aromatic nitrogens is 5. The fourth-order valence-electron chi connectivity index (χ4n) is 3.77. The Bertz CT molecular complexity index is 1400. The van der Waals surface area contributed by atoms with Crippen molar-refractivity contribution in [2.75, 3.05) is 7.11 Å². The molecule has 2 heterocycles. The van der Waals surface area contributed by atoms with Crippen molar-refractivity contribution in [3.05, 3.63) is 95.8 Å². The Hall–Kier alpha value is -3.91. The molecule has 7 nitrogen and oxygen atoms in total. The Labute approximate surface area is 208 Å². The number of aryl methyl sites for hydroxylation is 2. The predicted molar refractivity (Wildman–Crippen MR) is 136 cm³/mol. The maximum atomic E-state index is 5.59. The maximum Gasteiger partial charge on any atom is 0.257 e. The molecule has 8 heteroatoms. The minimum Gasteiger partial charge on any atom is -0.496 e. The fraction of sp³-hybridized carbons (Fsp3) is 0.185. The van der Waals surface area contributed by atoms with E-state index in [0.29, 0.717) is 17.5 Å². The zero-order valence-electron chi connectivity index (χ0n) is 19.6. The molecule has 0 fully saturated rings. The molecule has 0 unspecified atom stereocenters. The molecule has 0 spiro atoms. The van der Waals surface area contributed by atoms with Crippen molar-refractivity contribution in [1.82, 2.24) is 24.9 Å². The number of benzene rings is 3.